The first-order valence-electron chi connectivity index (χ1n) is 3.66. The summed E-state index contributed by atoms with van der Waals surface area (Å²) in [6.07, 6.45) is 0.901. The van der Waals surface area contributed by atoms with Gasteiger partial charge in [0.25, 0.3) is 0 Å². The Morgan fingerprint density at radius 3 is 2.70 bits per heavy atom. The van der Waals surface area contributed by atoms with Crippen LogP contribution in [0.3, 0.4) is 0 Å². The van der Waals surface area contributed by atoms with Gasteiger partial charge < -0.3 is 14.9 Å². The summed E-state index contributed by atoms with van der Waals surface area (Å²) in [5.41, 5.74) is 0. The molecule has 0 bridgehead atoms. The highest BCUT2D eigenvalue weighted by molar-refractivity contribution is 4.73. The molecule has 3 nitrogen and oxygen atoms in total. The number of rotatable bonds is 1. The van der Waals surface area contributed by atoms with Crippen LogP contribution in [0.2, 0.25) is 0 Å². The van der Waals surface area contributed by atoms with Gasteiger partial charge in [-0.2, -0.15) is 0 Å². The Labute approximate surface area is 60.6 Å². The SMILES string of the molecule is C[C@@H]1CC(O)CC(CO)O1. The molecule has 60 valence electrons. The number of ether oxygens (including phenoxy) is 1. The molecule has 1 saturated heterocycles. The molecule has 1 fully saturated rings. The Bertz CT molecular complexity index is 95.0. The van der Waals surface area contributed by atoms with Gasteiger partial charge in [-0.3, -0.25) is 0 Å². The third kappa shape index (κ3) is 1.94. The summed E-state index contributed by atoms with van der Waals surface area (Å²) in [5, 5.41) is 17.9. The normalized spacial score (nSPS) is 41.7. The number of hydrogen-bond donors (Lipinski definition) is 2. The van der Waals surface area contributed by atoms with E-state index in [1.54, 1.807) is 0 Å². The van der Waals surface area contributed by atoms with Crippen LogP contribution in [-0.4, -0.2) is 35.1 Å². The summed E-state index contributed by atoms with van der Waals surface area (Å²) < 4.78 is 5.30. The summed E-state index contributed by atoms with van der Waals surface area (Å²) in [4.78, 5) is 0. The van der Waals surface area contributed by atoms with Crippen molar-refractivity contribution < 1.29 is 14.9 Å². The van der Waals surface area contributed by atoms with Gasteiger partial charge in [-0.05, 0) is 13.3 Å². The van der Waals surface area contributed by atoms with E-state index in [0.29, 0.717) is 12.8 Å². The van der Waals surface area contributed by atoms with E-state index >= 15 is 0 Å². The highest BCUT2D eigenvalue weighted by Gasteiger charge is 2.24. The molecule has 0 aromatic carbocycles. The molecule has 0 spiro atoms. The number of hydrogen-bond acceptors (Lipinski definition) is 3. The zero-order chi connectivity index (χ0) is 7.56. The minimum Gasteiger partial charge on any atom is -0.394 e. The molecular formula is C7H14O3. The van der Waals surface area contributed by atoms with Gasteiger partial charge in [-0.1, -0.05) is 0 Å². The van der Waals surface area contributed by atoms with Crippen LogP contribution in [0, 0.1) is 0 Å². The summed E-state index contributed by atoms with van der Waals surface area (Å²) >= 11 is 0. The second-order valence-electron chi connectivity index (χ2n) is 2.88. The first-order chi connectivity index (χ1) is 4.72. The molecule has 0 aromatic heterocycles. The average Bonchev–Trinajstić information content (AvgIpc) is 1.85. The van der Waals surface area contributed by atoms with Crippen molar-refractivity contribution in [1.82, 2.24) is 0 Å². The molecule has 0 saturated carbocycles. The summed E-state index contributed by atoms with van der Waals surface area (Å²) in [6, 6.07) is 0. The third-order valence-electron chi connectivity index (χ3n) is 1.77. The molecule has 0 aliphatic carbocycles. The third-order valence-corrected chi connectivity index (χ3v) is 1.77. The second kappa shape index (κ2) is 3.32. The van der Waals surface area contributed by atoms with E-state index < -0.39 is 0 Å². The van der Waals surface area contributed by atoms with Crippen LogP contribution >= 0.6 is 0 Å². The van der Waals surface area contributed by atoms with Crippen LogP contribution in [0.25, 0.3) is 0 Å². The maximum Gasteiger partial charge on any atom is 0.0833 e. The first kappa shape index (κ1) is 7.98. The van der Waals surface area contributed by atoms with E-state index in [1.807, 2.05) is 6.92 Å². The van der Waals surface area contributed by atoms with Gasteiger partial charge in [-0.25, -0.2) is 0 Å². The van der Waals surface area contributed by atoms with Gasteiger partial charge in [0.15, 0.2) is 0 Å². The lowest BCUT2D eigenvalue weighted by Crippen LogP contribution is -2.35. The van der Waals surface area contributed by atoms with Crippen LogP contribution in [0.4, 0.5) is 0 Å². The fraction of sp³-hybridized carbons (Fsp3) is 1.00. The van der Waals surface area contributed by atoms with Gasteiger partial charge in [0.1, 0.15) is 0 Å². The molecule has 0 amide bonds. The largest absolute Gasteiger partial charge is 0.394 e. The Kier molecular flexibility index (Phi) is 2.65. The van der Waals surface area contributed by atoms with Crippen molar-refractivity contribution in [3.8, 4) is 0 Å². The van der Waals surface area contributed by atoms with Gasteiger partial charge in [0.05, 0.1) is 24.9 Å². The Morgan fingerprint density at radius 2 is 2.20 bits per heavy atom. The van der Waals surface area contributed by atoms with E-state index in [-0.39, 0.29) is 24.9 Å². The minimum atomic E-state index is -0.291. The predicted molar refractivity (Wildman–Crippen MR) is 36.7 cm³/mol. The van der Waals surface area contributed by atoms with Crippen molar-refractivity contribution in [2.75, 3.05) is 6.61 Å². The number of aliphatic hydroxyl groups excluding tert-OH is 2. The maximum absolute atomic E-state index is 9.19. The van der Waals surface area contributed by atoms with Gasteiger partial charge in [-0.15, -0.1) is 0 Å². The fourth-order valence-electron chi connectivity index (χ4n) is 1.34. The Morgan fingerprint density at radius 1 is 1.50 bits per heavy atom. The predicted octanol–water partition coefficient (Wildman–Crippen LogP) is -0.0929. The van der Waals surface area contributed by atoms with Crippen LogP contribution in [0.5, 0.6) is 0 Å². The van der Waals surface area contributed by atoms with Crippen molar-refractivity contribution in [3.63, 3.8) is 0 Å². The molecule has 1 heterocycles. The minimum absolute atomic E-state index is 0.0153. The molecule has 3 heteroatoms. The van der Waals surface area contributed by atoms with Crippen molar-refractivity contribution >= 4 is 0 Å². The number of aliphatic hydroxyl groups is 2. The highest BCUT2D eigenvalue weighted by atomic mass is 16.5. The lowest BCUT2D eigenvalue weighted by molar-refractivity contribution is -0.104. The molecule has 2 N–H and O–H groups in total. The molecule has 1 rings (SSSR count). The van der Waals surface area contributed by atoms with Crippen molar-refractivity contribution in [3.05, 3.63) is 0 Å². The summed E-state index contributed by atoms with van der Waals surface area (Å²) in [7, 11) is 0. The van der Waals surface area contributed by atoms with Gasteiger partial charge in [0.2, 0.25) is 0 Å². The smallest absolute Gasteiger partial charge is 0.0833 e. The molecule has 1 aliphatic heterocycles. The monoisotopic (exact) mass is 146 g/mol. The first-order valence-corrected chi connectivity index (χ1v) is 3.66. The lowest BCUT2D eigenvalue weighted by atomic mass is 10.0. The van der Waals surface area contributed by atoms with Crippen LogP contribution in [0.1, 0.15) is 19.8 Å². The quantitative estimate of drug-likeness (QED) is 0.543. The molecule has 0 radical (unpaired) electrons. The molecule has 1 aliphatic rings. The fourth-order valence-corrected chi connectivity index (χ4v) is 1.34. The van der Waals surface area contributed by atoms with E-state index in [1.165, 1.54) is 0 Å². The molecular weight excluding hydrogens is 132 g/mol. The summed E-state index contributed by atoms with van der Waals surface area (Å²) in [5.74, 6) is 0. The zero-order valence-electron chi connectivity index (χ0n) is 6.16. The zero-order valence-corrected chi connectivity index (χ0v) is 6.16. The van der Waals surface area contributed by atoms with Gasteiger partial charge >= 0.3 is 0 Å². The lowest BCUT2D eigenvalue weighted by Gasteiger charge is -2.29. The average molecular weight is 146 g/mol. The molecule has 2 unspecified atom stereocenters. The van der Waals surface area contributed by atoms with Gasteiger partial charge in [0, 0.05) is 6.42 Å². The van der Waals surface area contributed by atoms with E-state index in [2.05, 4.69) is 0 Å². The van der Waals surface area contributed by atoms with E-state index in [4.69, 9.17) is 9.84 Å². The standard InChI is InChI=1S/C7H14O3/c1-5-2-6(9)3-7(4-8)10-5/h5-9H,2-4H2,1H3/t5-,6?,7?/m1/s1. The Balaban J connectivity index is 2.35. The van der Waals surface area contributed by atoms with Crippen molar-refractivity contribution in [1.29, 1.82) is 0 Å². The maximum atomic E-state index is 9.19. The second-order valence-corrected chi connectivity index (χ2v) is 2.88. The molecule has 10 heavy (non-hydrogen) atoms. The summed E-state index contributed by atoms with van der Waals surface area (Å²) in [6.45, 7) is 1.92. The van der Waals surface area contributed by atoms with Crippen LogP contribution < -0.4 is 0 Å². The highest BCUT2D eigenvalue weighted by Crippen LogP contribution is 2.18. The van der Waals surface area contributed by atoms with Crippen LogP contribution in [0.15, 0.2) is 0 Å². The van der Waals surface area contributed by atoms with E-state index in [9.17, 15) is 5.11 Å². The van der Waals surface area contributed by atoms with E-state index in [0.717, 1.165) is 0 Å². The Hall–Kier alpha value is -0.120. The van der Waals surface area contributed by atoms with Crippen LogP contribution in [-0.2, 0) is 4.74 Å². The topological polar surface area (TPSA) is 49.7 Å². The van der Waals surface area contributed by atoms with Crippen molar-refractivity contribution in [2.45, 2.75) is 38.1 Å². The molecule has 0 aromatic rings. The van der Waals surface area contributed by atoms with Crippen molar-refractivity contribution in [2.24, 2.45) is 0 Å². The molecule has 3 atom stereocenters.